The van der Waals surface area contributed by atoms with Crippen molar-refractivity contribution in [1.82, 2.24) is 0 Å². The number of hydrogen-bond donors (Lipinski definition) is 0. The third kappa shape index (κ3) is 3.80. The molecule has 0 bridgehead atoms. The molecule has 0 unspecified atom stereocenters. The van der Waals surface area contributed by atoms with Gasteiger partial charge < -0.3 is 21.5 Å². The van der Waals surface area contributed by atoms with Crippen LogP contribution in [0.4, 0.5) is 0 Å². The summed E-state index contributed by atoms with van der Waals surface area (Å²) in [5, 5.41) is 0. The molecule has 0 amide bonds. The summed E-state index contributed by atoms with van der Waals surface area (Å²) >= 11 is 3.81. The second kappa shape index (κ2) is 6.38. The Morgan fingerprint density at radius 1 is 1.05 bits per heavy atom. The van der Waals surface area contributed by atoms with Crippen LogP contribution in [0.15, 0.2) is 46.0 Å². The van der Waals surface area contributed by atoms with Gasteiger partial charge in [0.25, 0.3) is 0 Å². The van der Waals surface area contributed by atoms with Crippen molar-refractivity contribution >= 4 is 21.5 Å². The van der Waals surface area contributed by atoms with Crippen LogP contribution in [0, 0.1) is 0 Å². The van der Waals surface area contributed by atoms with Crippen molar-refractivity contribution in [1.29, 1.82) is 0 Å². The van der Waals surface area contributed by atoms with E-state index in [1.807, 2.05) is 0 Å². The van der Waals surface area contributed by atoms with Crippen LogP contribution in [0.25, 0.3) is 5.57 Å². The van der Waals surface area contributed by atoms with E-state index in [-0.39, 0.29) is 17.0 Å². The molecule has 0 radical (unpaired) electrons. The Morgan fingerprint density at radius 3 is 2.16 bits per heavy atom. The predicted molar refractivity (Wildman–Crippen MR) is 82.5 cm³/mol. The van der Waals surface area contributed by atoms with E-state index in [9.17, 15) is 0 Å². The largest absolute Gasteiger partial charge is 1.00 e. The highest BCUT2D eigenvalue weighted by Crippen LogP contribution is 2.37. The van der Waals surface area contributed by atoms with Gasteiger partial charge in [0.1, 0.15) is 13.1 Å². The lowest BCUT2D eigenvalue weighted by molar-refractivity contribution is -0.880. The van der Waals surface area contributed by atoms with Gasteiger partial charge in [0.2, 0.25) is 0 Å². The Bertz CT molecular complexity index is 509. The van der Waals surface area contributed by atoms with Crippen molar-refractivity contribution in [3.05, 3.63) is 51.5 Å². The number of likely N-dealkylation sites (N-methyl/N-ethyl adjacent to an activating group) is 1. The number of halogens is 2. The third-order valence-corrected chi connectivity index (χ3v) is 4.04. The maximum atomic E-state index is 3.81. The highest BCUT2D eigenvalue weighted by Gasteiger charge is 2.30. The Hall–Kier alpha value is -0.380. The number of quaternary nitrogens is 1. The zero-order valence-electron chi connectivity index (χ0n) is 12.0. The maximum absolute atomic E-state index is 3.81. The van der Waals surface area contributed by atoms with Crippen LogP contribution in [0.5, 0.6) is 0 Å². The minimum absolute atomic E-state index is 0. The van der Waals surface area contributed by atoms with Gasteiger partial charge in [-0.25, -0.2) is 0 Å². The summed E-state index contributed by atoms with van der Waals surface area (Å²) in [5.41, 5.74) is 5.61. The first kappa shape index (κ1) is 16.7. The standard InChI is InChI=1S/C16H21BrN.BrH/c1-12(2)14-10-18(3,4)11-15(17)16(14)13-8-6-5-7-9-13;/h5-9H,10-11H2,1-4H3;1H/q+1;/p-1. The summed E-state index contributed by atoms with van der Waals surface area (Å²) in [6, 6.07) is 10.7. The van der Waals surface area contributed by atoms with E-state index in [1.54, 1.807) is 0 Å². The molecule has 0 aromatic heterocycles. The van der Waals surface area contributed by atoms with E-state index in [4.69, 9.17) is 0 Å². The zero-order valence-corrected chi connectivity index (χ0v) is 15.2. The van der Waals surface area contributed by atoms with Crippen molar-refractivity contribution in [2.75, 3.05) is 27.2 Å². The van der Waals surface area contributed by atoms with Crippen LogP contribution in [0.3, 0.4) is 0 Å². The summed E-state index contributed by atoms with van der Waals surface area (Å²) in [6.45, 7) is 6.58. The van der Waals surface area contributed by atoms with Crippen molar-refractivity contribution < 1.29 is 21.5 Å². The van der Waals surface area contributed by atoms with E-state index in [1.165, 1.54) is 26.8 Å². The molecule has 1 aromatic rings. The molecule has 104 valence electrons. The zero-order chi connectivity index (χ0) is 13.3. The van der Waals surface area contributed by atoms with Crippen LogP contribution in [0.2, 0.25) is 0 Å². The quantitative estimate of drug-likeness (QED) is 0.636. The van der Waals surface area contributed by atoms with E-state index in [0.29, 0.717) is 0 Å². The van der Waals surface area contributed by atoms with Crippen LogP contribution in [-0.4, -0.2) is 31.7 Å². The highest BCUT2D eigenvalue weighted by molar-refractivity contribution is 9.11. The Morgan fingerprint density at radius 2 is 1.63 bits per heavy atom. The minimum Gasteiger partial charge on any atom is -1.00 e. The Balaban J connectivity index is 0.00000180. The molecule has 1 aliphatic heterocycles. The second-order valence-electron chi connectivity index (χ2n) is 5.88. The van der Waals surface area contributed by atoms with Gasteiger partial charge in [0, 0.05) is 11.1 Å². The van der Waals surface area contributed by atoms with Crippen molar-refractivity contribution in [3.8, 4) is 0 Å². The van der Waals surface area contributed by atoms with E-state index in [2.05, 4.69) is 74.2 Å². The summed E-state index contributed by atoms with van der Waals surface area (Å²) in [5.74, 6) is 0. The summed E-state index contributed by atoms with van der Waals surface area (Å²) in [7, 11) is 4.57. The molecular weight excluding hydrogens is 366 g/mol. The summed E-state index contributed by atoms with van der Waals surface area (Å²) in [4.78, 5) is 0. The first-order valence-corrected chi connectivity index (χ1v) is 7.13. The average molecular weight is 387 g/mol. The number of hydrogen-bond acceptors (Lipinski definition) is 0. The van der Waals surface area contributed by atoms with E-state index < -0.39 is 0 Å². The van der Waals surface area contributed by atoms with E-state index >= 15 is 0 Å². The molecule has 0 atom stereocenters. The first-order valence-electron chi connectivity index (χ1n) is 6.33. The fourth-order valence-electron chi connectivity index (χ4n) is 2.53. The molecule has 1 aromatic carbocycles. The fourth-order valence-corrected chi connectivity index (χ4v) is 3.67. The van der Waals surface area contributed by atoms with Crippen LogP contribution >= 0.6 is 15.9 Å². The average Bonchev–Trinajstić information content (AvgIpc) is 2.27. The van der Waals surface area contributed by atoms with Gasteiger partial charge in [-0.1, -0.05) is 35.9 Å². The second-order valence-corrected chi connectivity index (χ2v) is 6.83. The van der Waals surface area contributed by atoms with Crippen molar-refractivity contribution in [3.63, 3.8) is 0 Å². The molecule has 1 heterocycles. The molecule has 0 saturated heterocycles. The number of nitrogens with zero attached hydrogens (tertiary/aromatic N) is 1. The normalized spacial score (nSPS) is 18.1. The lowest BCUT2D eigenvalue weighted by Crippen LogP contribution is -3.00. The summed E-state index contributed by atoms with van der Waals surface area (Å²) in [6.07, 6.45) is 0. The molecular formula is C16H21Br2N. The first-order chi connectivity index (χ1) is 8.41. The molecule has 0 spiro atoms. The number of rotatable bonds is 1. The lowest BCUT2D eigenvalue weighted by Gasteiger charge is -2.37. The van der Waals surface area contributed by atoms with Crippen molar-refractivity contribution in [2.24, 2.45) is 0 Å². The number of benzene rings is 1. The smallest absolute Gasteiger partial charge is 0.111 e. The van der Waals surface area contributed by atoms with Gasteiger partial charge in [-0.15, -0.1) is 0 Å². The molecule has 0 aliphatic carbocycles. The lowest BCUT2D eigenvalue weighted by atomic mass is 9.91. The van der Waals surface area contributed by atoms with Gasteiger partial charge >= 0.3 is 0 Å². The van der Waals surface area contributed by atoms with Gasteiger partial charge in [0.15, 0.2) is 0 Å². The molecule has 2 rings (SSSR count). The van der Waals surface area contributed by atoms with Crippen LogP contribution in [0.1, 0.15) is 19.4 Å². The molecule has 0 saturated carbocycles. The SMILES string of the molecule is CC(C)=C1C[N+](C)(C)CC(Br)=C1c1ccccc1.[Br-]. The molecule has 0 fully saturated rings. The van der Waals surface area contributed by atoms with Crippen LogP contribution in [-0.2, 0) is 0 Å². The van der Waals surface area contributed by atoms with E-state index in [0.717, 1.165) is 17.6 Å². The monoisotopic (exact) mass is 385 g/mol. The van der Waals surface area contributed by atoms with Gasteiger partial charge in [-0.2, -0.15) is 0 Å². The number of allylic oxidation sites excluding steroid dienone is 1. The van der Waals surface area contributed by atoms with Gasteiger partial charge in [-0.05, 0) is 35.3 Å². The topological polar surface area (TPSA) is 0 Å². The fraction of sp³-hybridized carbons (Fsp3) is 0.375. The van der Waals surface area contributed by atoms with Crippen LogP contribution < -0.4 is 17.0 Å². The maximum Gasteiger partial charge on any atom is 0.111 e. The molecule has 0 N–H and O–H groups in total. The molecule has 3 heteroatoms. The van der Waals surface area contributed by atoms with Crippen molar-refractivity contribution in [2.45, 2.75) is 13.8 Å². The molecule has 1 aliphatic rings. The third-order valence-electron chi connectivity index (χ3n) is 3.39. The molecule has 1 nitrogen and oxygen atoms in total. The highest BCUT2D eigenvalue weighted by atomic mass is 79.9. The Labute approximate surface area is 135 Å². The minimum atomic E-state index is 0. The van der Waals surface area contributed by atoms with Gasteiger partial charge in [-0.3, -0.25) is 0 Å². The Kier molecular flexibility index (Phi) is 5.60. The predicted octanol–water partition coefficient (Wildman–Crippen LogP) is 1.22. The summed E-state index contributed by atoms with van der Waals surface area (Å²) < 4.78 is 2.33. The van der Waals surface area contributed by atoms with Gasteiger partial charge in [0.05, 0.1) is 18.6 Å². The molecule has 19 heavy (non-hydrogen) atoms.